The lowest BCUT2D eigenvalue weighted by atomic mass is 10.0. The quantitative estimate of drug-likeness (QED) is 0.386. The molecule has 1 aromatic carbocycles. The van der Waals surface area contributed by atoms with Crippen LogP contribution in [0.15, 0.2) is 48.1 Å². The third-order valence-corrected chi connectivity index (χ3v) is 5.07. The predicted octanol–water partition coefficient (Wildman–Crippen LogP) is 6.04. The lowest BCUT2D eigenvalue weighted by Gasteiger charge is -2.15. The van der Waals surface area contributed by atoms with E-state index in [1.54, 1.807) is 27.4 Å². The zero-order valence-electron chi connectivity index (χ0n) is 18.8. The van der Waals surface area contributed by atoms with Crippen molar-refractivity contribution in [1.82, 2.24) is 0 Å². The number of aliphatic hydroxyl groups is 1. The van der Waals surface area contributed by atoms with E-state index in [4.69, 9.17) is 14.2 Å². The molecule has 0 radical (unpaired) electrons. The third kappa shape index (κ3) is 8.78. The van der Waals surface area contributed by atoms with Crippen molar-refractivity contribution in [3.8, 4) is 17.2 Å². The van der Waals surface area contributed by atoms with Crippen LogP contribution in [0.1, 0.15) is 57.9 Å². The molecule has 1 N–H and O–H groups in total. The van der Waals surface area contributed by atoms with Crippen molar-refractivity contribution in [3.63, 3.8) is 0 Å². The molecule has 0 amide bonds. The summed E-state index contributed by atoms with van der Waals surface area (Å²) in [4.78, 5) is 0. The maximum Gasteiger partial charge on any atom is 0.203 e. The first-order valence-corrected chi connectivity index (χ1v) is 10.4. The standard InChI is InChI=1S/C25H38O4/c1-7-22(26)16-10-14-20(3)12-8-11-19(2)13-9-15-21-17-18-23(27-4)25(29-6)24(21)28-5/h7,12-13,17-18,22,26H,1,8-11,14-16H2,2-6H3/b19-13+,20-12+. The van der Waals surface area contributed by atoms with E-state index in [0.29, 0.717) is 11.5 Å². The first-order chi connectivity index (χ1) is 14.0. The minimum absolute atomic E-state index is 0.378. The molecule has 0 saturated heterocycles. The molecule has 1 rings (SSSR count). The summed E-state index contributed by atoms with van der Waals surface area (Å²) >= 11 is 0. The maximum absolute atomic E-state index is 9.51. The number of rotatable bonds is 14. The van der Waals surface area contributed by atoms with Gasteiger partial charge in [0.2, 0.25) is 5.75 Å². The van der Waals surface area contributed by atoms with E-state index >= 15 is 0 Å². The number of benzene rings is 1. The zero-order valence-corrected chi connectivity index (χ0v) is 18.8. The van der Waals surface area contributed by atoms with E-state index in [2.05, 4.69) is 32.6 Å². The van der Waals surface area contributed by atoms with Crippen LogP contribution < -0.4 is 14.2 Å². The molecular formula is C25H38O4. The largest absolute Gasteiger partial charge is 0.493 e. The SMILES string of the molecule is C=CC(O)CCC/C(C)=C/CC/C(C)=C/CCc1ccc(OC)c(OC)c1OC. The molecule has 0 aliphatic heterocycles. The highest BCUT2D eigenvalue weighted by Crippen LogP contribution is 2.40. The third-order valence-electron chi connectivity index (χ3n) is 5.07. The highest BCUT2D eigenvalue weighted by atomic mass is 16.5. The smallest absolute Gasteiger partial charge is 0.203 e. The van der Waals surface area contributed by atoms with Crippen LogP contribution in [0.2, 0.25) is 0 Å². The molecule has 4 heteroatoms. The molecule has 0 spiro atoms. The van der Waals surface area contributed by atoms with Crippen LogP contribution in [0.25, 0.3) is 0 Å². The van der Waals surface area contributed by atoms with Crippen molar-refractivity contribution in [2.24, 2.45) is 0 Å². The van der Waals surface area contributed by atoms with E-state index in [9.17, 15) is 5.11 Å². The van der Waals surface area contributed by atoms with Gasteiger partial charge in [-0.25, -0.2) is 0 Å². The molecule has 1 unspecified atom stereocenters. The average molecular weight is 403 g/mol. The maximum atomic E-state index is 9.51. The molecule has 0 heterocycles. The van der Waals surface area contributed by atoms with Gasteiger partial charge in [-0.2, -0.15) is 0 Å². The molecule has 0 fully saturated rings. The molecule has 1 atom stereocenters. The highest BCUT2D eigenvalue weighted by Gasteiger charge is 2.15. The van der Waals surface area contributed by atoms with Gasteiger partial charge in [-0.3, -0.25) is 0 Å². The summed E-state index contributed by atoms with van der Waals surface area (Å²) < 4.78 is 16.4. The van der Waals surface area contributed by atoms with Crippen molar-refractivity contribution in [2.75, 3.05) is 21.3 Å². The molecule has 0 aliphatic rings. The van der Waals surface area contributed by atoms with Gasteiger partial charge in [0.05, 0.1) is 27.4 Å². The van der Waals surface area contributed by atoms with Crippen LogP contribution >= 0.6 is 0 Å². The van der Waals surface area contributed by atoms with E-state index in [1.807, 2.05) is 12.1 Å². The second-order valence-electron chi connectivity index (χ2n) is 7.37. The van der Waals surface area contributed by atoms with Gasteiger partial charge in [0.25, 0.3) is 0 Å². The van der Waals surface area contributed by atoms with Gasteiger partial charge in [0, 0.05) is 0 Å². The Balaban J connectivity index is 2.50. The Morgan fingerprint density at radius 3 is 2.24 bits per heavy atom. The average Bonchev–Trinajstić information content (AvgIpc) is 2.72. The van der Waals surface area contributed by atoms with Crippen molar-refractivity contribution < 1.29 is 19.3 Å². The monoisotopic (exact) mass is 402 g/mol. The molecule has 1 aromatic rings. The molecular weight excluding hydrogens is 364 g/mol. The van der Waals surface area contributed by atoms with Crippen LogP contribution in [0, 0.1) is 0 Å². The Morgan fingerprint density at radius 1 is 0.966 bits per heavy atom. The van der Waals surface area contributed by atoms with Crippen molar-refractivity contribution in [2.45, 2.75) is 64.9 Å². The summed E-state index contributed by atoms with van der Waals surface area (Å²) in [6, 6.07) is 3.97. The van der Waals surface area contributed by atoms with Crippen LogP contribution in [0.5, 0.6) is 17.2 Å². The summed E-state index contributed by atoms with van der Waals surface area (Å²) in [5, 5.41) is 9.51. The topological polar surface area (TPSA) is 47.9 Å². The van der Waals surface area contributed by atoms with E-state index in [0.717, 1.165) is 56.3 Å². The summed E-state index contributed by atoms with van der Waals surface area (Å²) in [7, 11) is 4.92. The normalized spacial score (nSPS) is 13.2. The Kier molecular flexibility index (Phi) is 11.9. The zero-order chi connectivity index (χ0) is 21.6. The first-order valence-electron chi connectivity index (χ1n) is 10.4. The second-order valence-corrected chi connectivity index (χ2v) is 7.37. The predicted molar refractivity (Wildman–Crippen MR) is 121 cm³/mol. The Hall–Kier alpha value is -2.20. The van der Waals surface area contributed by atoms with Gasteiger partial charge < -0.3 is 19.3 Å². The van der Waals surface area contributed by atoms with Gasteiger partial charge in [-0.1, -0.05) is 35.4 Å². The Bertz CT molecular complexity index is 688. The fourth-order valence-corrected chi connectivity index (χ4v) is 3.29. The molecule has 162 valence electrons. The molecule has 0 bridgehead atoms. The Morgan fingerprint density at radius 2 is 1.62 bits per heavy atom. The van der Waals surface area contributed by atoms with Gasteiger partial charge in [-0.15, -0.1) is 6.58 Å². The summed E-state index contributed by atoms with van der Waals surface area (Å²) in [5.41, 5.74) is 3.91. The second kappa shape index (κ2) is 13.9. The molecule has 0 aromatic heterocycles. The van der Waals surface area contributed by atoms with E-state index < -0.39 is 0 Å². The van der Waals surface area contributed by atoms with Crippen molar-refractivity contribution >= 4 is 0 Å². The summed E-state index contributed by atoms with van der Waals surface area (Å²) in [5.74, 6) is 2.08. The lowest BCUT2D eigenvalue weighted by Crippen LogP contribution is -2.00. The van der Waals surface area contributed by atoms with Crippen molar-refractivity contribution in [1.29, 1.82) is 0 Å². The number of hydrogen-bond acceptors (Lipinski definition) is 4. The highest BCUT2D eigenvalue weighted by molar-refractivity contribution is 5.55. The summed E-state index contributed by atoms with van der Waals surface area (Å²) in [6.45, 7) is 7.97. The number of aryl methyl sites for hydroxylation is 1. The number of ether oxygens (including phenoxy) is 3. The van der Waals surface area contributed by atoms with Gasteiger partial charge in [0.1, 0.15) is 0 Å². The van der Waals surface area contributed by atoms with Crippen molar-refractivity contribution in [3.05, 3.63) is 53.6 Å². The number of aliphatic hydroxyl groups excluding tert-OH is 1. The van der Waals surface area contributed by atoms with E-state index in [1.165, 1.54) is 11.1 Å². The van der Waals surface area contributed by atoms with Gasteiger partial charge in [0.15, 0.2) is 11.5 Å². The van der Waals surface area contributed by atoms with Crippen LogP contribution in [0.3, 0.4) is 0 Å². The summed E-state index contributed by atoms with van der Waals surface area (Å²) in [6.07, 6.45) is 12.6. The number of methoxy groups -OCH3 is 3. The number of allylic oxidation sites excluding steroid dienone is 4. The lowest BCUT2D eigenvalue weighted by molar-refractivity contribution is 0.210. The van der Waals surface area contributed by atoms with Gasteiger partial charge >= 0.3 is 0 Å². The minimum Gasteiger partial charge on any atom is -0.493 e. The fourth-order valence-electron chi connectivity index (χ4n) is 3.29. The molecule has 4 nitrogen and oxygen atoms in total. The van der Waals surface area contributed by atoms with Crippen LogP contribution in [-0.2, 0) is 6.42 Å². The minimum atomic E-state index is -0.378. The Labute approximate surface area is 176 Å². The van der Waals surface area contributed by atoms with Crippen LogP contribution in [-0.4, -0.2) is 32.5 Å². The molecule has 0 aliphatic carbocycles. The molecule has 0 saturated carbocycles. The fraction of sp³-hybridized carbons (Fsp3) is 0.520. The van der Waals surface area contributed by atoms with Gasteiger partial charge in [-0.05, 0) is 70.4 Å². The number of hydrogen-bond donors (Lipinski definition) is 1. The van der Waals surface area contributed by atoms with E-state index in [-0.39, 0.29) is 6.10 Å². The molecule has 29 heavy (non-hydrogen) atoms. The first kappa shape index (κ1) is 24.8. The van der Waals surface area contributed by atoms with Crippen LogP contribution in [0.4, 0.5) is 0 Å².